The number of fused-ring (bicyclic) bond motifs is 6. The number of thiophene rings is 1. The van der Waals surface area contributed by atoms with Crippen molar-refractivity contribution in [1.82, 2.24) is 19.5 Å². The highest BCUT2D eigenvalue weighted by Gasteiger charge is 2.19. The van der Waals surface area contributed by atoms with Crippen molar-refractivity contribution in [2.75, 3.05) is 0 Å². The maximum absolute atomic E-state index is 5.11. The van der Waals surface area contributed by atoms with E-state index < -0.39 is 0 Å². The standard InChI is InChI=1S/C45H28N4S/c1-4-14-29(15-5-1)43-46-44(30-16-6-2-7-17-30)48-45(47-43)32-26-37(42-36-21-11-13-23-40(36)50-41(42)28-32)31-24-25-35-34-20-10-12-22-38(34)49(39(35)27-31)33-18-8-3-9-19-33/h1-28H. The van der Waals surface area contributed by atoms with Gasteiger partial charge in [0.1, 0.15) is 0 Å². The average molecular weight is 657 g/mol. The van der Waals surface area contributed by atoms with Crippen molar-refractivity contribution in [2.24, 2.45) is 0 Å². The molecule has 7 aromatic carbocycles. The van der Waals surface area contributed by atoms with Crippen LogP contribution in [0.2, 0.25) is 0 Å². The van der Waals surface area contributed by atoms with E-state index in [1.807, 2.05) is 47.7 Å². The molecule has 0 unspecified atom stereocenters. The average Bonchev–Trinajstić information content (AvgIpc) is 3.74. The van der Waals surface area contributed by atoms with Gasteiger partial charge in [-0.2, -0.15) is 0 Å². The van der Waals surface area contributed by atoms with E-state index in [4.69, 9.17) is 15.0 Å². The van der Waals surface area contributed by atoms with Gasteiger partial charge >= 0.3 is 0 Å². The van der Waals surface area contributed by atoms with E-state index in [0.717, 1.165) is 33.5 Å². The quantitative estimate of drug-likeness (QED) is 0.185. The molecule has 50 heavy (non-hydrogen) atoms. The lowest BCUT2D eigenvalue weighted by molar-refractivity contribution is 1.07. The smallest absolute Gasteiger partial charge is 0.164 e. The molecule has 0 saturated heterocycles. The second-order valence-corrected chi connectivity index (χ2v) is 13.5. The maximum Gasteiger partial charge on any atom is 0.164 e. The first-order valence-corrected chi connectivity index (χ1v) is 17.5. The topological polar surface area (TPSA) is 43.6 Å². The Morgan fingerprint density at radius 2 is 0.940 bits per heavy atom. The molecule has 0 N–H and O–H groups in total. The van der Waals surface area contributed by atoms with Crippen molar-refractivity contribution in [3.05, 3.63) is 170 Å². The van der Waals surface area contributed by atoms with Crippen LogP contribution in [0.4, 0.5) is 0 Å². The molecule has 0 amide bonds. The Labute approximate surface area is 292 Å². The molecule has 0 saturated carbocycles. The number of aromatic nitrogens is 4. The molecule has 5 heteroatoms. The molecular formula is C45H28N4S. The van der Waals surface area contributed by atoms with Crippen LogP contribution in [0.1, 0.15) is 0 Å². The van der Waals surface area contributed by atoms with E-state index in [0.29, 0.717) is 17.5 Å². The highest BCUT2D eigenvalue weighted by atomic mass is 32.1. The molecule has 0 aliphatic rings. The van der Waals surface area contributed by atoms with Crippen molar-refractivity contribution in [1.29, 1.82) is 0 Å². The summed E-state index contributed by atoms with van der Waals surface area (Å²) in [5, 5.41) is 4.97. The van der Waals surface area contributed by atoms with Crippen LogP contribution in [-0.2, 0) is 0 Å². The number of hydrogen-bond donors (Lipinski definition) is 0. The number of nitrogens with zero attached hydrogens (tertiary/aromatic N) is 4. The lowest BCUT2D eigenvalue weighted by atomic mass is 9.96. The summed E-state index contributed by atoms with van der Waals surface area (Å²) in [6.45, 7) is 0. The van der Waals surface area contributed by atoms with Gasteiger partial charge in [0.15, 0.2) is 17.5 Å². The second kappa shape index (κ2) is 11.6. The Kier molecular flexibility index (Phi) is 6.64. The predicted molar refractivity (Wildman–Crippen MR) is 209 cm³/mol. The molecule has 10 aromatic rings. The summed E-state index contributed by atoms with van der Waals surface area (Å²) in [5.74, 6) is 1.96. The number of para-hydroxylation sites is 2. The zero-order chi connectivity index (χ0) is 33.0. The monoisotopic (exact) mass is 656 g/mol. The SMILES string of the molecule is c1ccc(-c2nc(-c3ccccc3)nc(-c3cc(-c4ccc5c6ccccc6n(-c6ccccc6)c5c4)c4c(c3)sc3ccccc34)n2)cc1. The van der Waals surface area contributed by atoms with E-state index in [1.54, 1.807) is 0 Å². The lowest BCUT2D eigenvalue weighted by Gasteiger charge is -2.12. The zero-order valence-corrected chi connectivity index (χ0v) is 27.7. The Morgan fingerprint density at radius 1 is 0.380 bits per heavy atom. The summed E-state index contributed by atoms with van der Waals surface area (Å²) in [6.07, 6.45) is 0. The Hall–Kier alpha value is -6.43. The maximum atomic E-state index is 5.11. The van der Waals surface area contributed by atoms with Gasteiger partial charge < -0.3 is 4.57 Å². The van der Waals surface area contributed by atoms with Crippen LogP contribution in [0.15, 0.2) is 170 Å². The summed E-state index contributed by atoms with van der Waals surface area (Å²) in [7, 11) is 0. The highest BCUT2D eigenvalue weighted by Crippen LogP contribution is 2.44. The Balaban J connectivity index is 1.26. The molecule has 0 radical (unpaired) electrons. The molecule has 0 aliphatic heterocycles. The molecule has 0 spiro atoms. The van der Waals surface area contributed by atoms with Crippen LogP contribution in [0.25, 0.3) is 93.0 Å². The minimum absolute atomic E-state index is 0.651. The number of benzene rings is 7. The fourth-order valence-corrected chi connectivity index (χ4v) is 8.31. The first kappa shape index (κ1) is 28.6. The van der Waals surface area contributed by atoms with Gasteiger partial charge in [0.2, 0.25) is 0 Å². The van der Waals surface area contributed by atoms with Gasteiger partial charge in [-0.1, -0.05) is 127 Å². The molecule has 0 bridgehead atoms. The molecule has 3 aromatic heterocycles. The minimum atomic E-state index is 0.651. The van der Waals surface area contributed by atoms with E-state index in [2.05, 4.69) is 138 Å². The Morgan fingerprint density at radius 3 is 1.64 bits per heavy atom. The first-order valence-electron chi connectivity index (χ1n) is 16.7. The molecule has 10 rings (SSSR count). The van der Waals surface area contributed by atoms with Crippen LogP contribution in [-0.4, -0.2) is 19.5 Å². The van der Waals surface area contributed by atoms with Crippen molar-refractivity contribution < 1.29 is 0 Å². The van der Waals surface area contributed by atoms with Crippen LogP contribution in [0, 0.1) is 0 Å². The summed E-state index contributed by atoms with van der Waals surface area (Å²) >= 11 is 1.81. The largest absolute Gasteiger partial charge is 0.309 e. The number of hydrogen-bond acceptors (Lipinski definition) is 4. The van der Waals surface area contributed by atoms with Crippen LogP contribution in [0.3, 0.4) is 0 Å². The van der Waals surface area contributed by atoms with Crippen molar-refractivity contribution in [2.45, 2.75) is 0 Å². The van der Waals surface area contributed by atoms with Gasteiger partial charge in [-0.05, 0) is 53.6 Å². The fraction of sp³-hybridized carbons (Fsp3) is 0. The molecule has 3 heterocycles. The summed E-state index contributed by atoms with van der Waals surface area (Å²) in [5.41, 5.74) is 8.68. The highest BCUT2D eigenvalue weighted by molar-refractivity contribution is 7.26. The summed E-state index contributed by atoms with van der Waals surface area (Å²) in [4.78, 5) is 15.2. The van der Waals surface area contributed by atoms with Crippen molar-refractivity contribution >= 4 is 53.3 Å². The Bertz CT molecular complexity index is 2800. The lowest BCUT2D eigenvalue weighted by Crippen LogP contribution is -2.00. The van der Waals surface area contributed by atoms with Crippen LogP contribution >= 0.6 is 11.3 Å². The molecule has 0 aliphatic carbocycles. The van der Waals surface area contributed by atoms with Gasteiger partial charge in [-0.25, -0.2) is 15.0 Å². The van der Waals surface area contributed by atoms with E-state index in [1.165, 1.54) is 42.0 Å². The van der Waals surface area contributed by atoms with Crippen molar-refractivity contribution in [3.8, 4) is 51.0 Å². The minimum Gasteiger partial charge on any atom is -0.309 e. The zero-order valence-electron chi connectivity index (χ0n) is 26.9. The third-order valence-corrected chi connectivity index (χ3v) is 10.6. The van der Waals surface area contributed by atoms with E-state index in [9.17, 15) is 0 Å². The van der Waals surface area contributed by atoms with E-state index in [-0.39, 0.29) is 0 Å². The van der Waals surface area contributed by atoms with Gasteiger partial charge in [0.05, 0.1) is 11.0 Å². The molecular weight excluding hydrogens is 629 g/mol. The summed E-state index contributed by atoms with van der Waals surface area (Å²) in [6, 6.07) is 59.8. The third kappa shape index (κ3) is 4.71. The molecule has 0 fully saturated rings. The third-order valence-electron chi connectivity index (χ3n) is 9.44. The van der Waals surface area contributed by atoms with Crippen molar-refractivity contribution in [3.63, 3.8) is 0 Å². The van der Waals surface area contributed by atoms with Gasteiger partial charge in [0, 0.05) is 53.3 Å². The second-order valence-electron chi connectivity index (χ2n) is 12.5. The molecule has 0 atom stereocenters. The van der Waals surface area contributed by atoms with Gasteiger partial charge in [0.25, 0.3) is 0 Å². The number of rotatable bonds is 5. The molecule has 4 nitrogen and oxygen atoms in total. The van der Waals surface area contributed by atoms with E-state index >= 15 is 0 Å². The van der Waals surface area contributed by atoms with Gasteiger partial charge in [-0.15, -0.1) is 11.3 Å². The van der Waals surface area contributed by atoms with Gasteiger partial charge in [-0.3, -0.25) is 0 Å². The van der Waals surface area contributed by atoms with Crippen LogP contribution < -0.4 is 0 Å². The predicted octanol–water partition coefficient (Wildman–Crippen LogP) is 12.0. The van der Waals surface area contributed by atoms with Crippen LogP contribution in [0.5, 0.6) is 0 Å². The summed E-state index contributed by atoms with van der Waals surface area (Å²) < 4.78 is 4.84. The fourth-order valence-electron chi connectivity index (χ4n) is 7.14. The normalized spacial score (nSPS) is 11.6. The first-order chi connectivity index (χ1) is 24.8. The molecule has 234 valence electrons.